The second-order valence-electron chi connectivity index (χ2n) is 8.53. The number of carbonyl (C=O) groups is 2. The van der Waals surface area contributed by atoms with Crippen LogP contribution in [-0.4, -0.2) is 31.3 Å². The van der Waals surface area contributed by atoms with E-state index < -0.39 is 12.1 Å². The van der Waals surface area contributed by atoms with Crippen LogP contribution in [0.2, 0.25) is 0 Å². The number of hydrogen-bond donors (Lipinski definition) is 1. The monoisotopic (exact) mass is 413 g/mol. The van der Waals surface area contributed by atoms with Gasteiger partial charge in [-0.05, 0) is 18.8 Å². The molecule has 0 aromatic rings. The van der Waals surface area contributed by atoms with E-state index in [0.29, 0.717) is 19.6 Å². The Hall–Kier alpha value is -1.26. The summed E-state index contributed by atoms with van der Waals surface area (Å²) in [7, 11) is 0. The summed E-state index contributed by atoms with van der Waals surface area (Å²) in [5.41, 5.74) is 0. The number of esters is 1. The number of ether oxygens (including phenoxy) is 2. The number of rotatable bonds is 19. The Kier molecular flexibility index (Phi) is 19.2. The van der Waals surface area contributed by atoms with E-state index in [0.717, 1.165) is 38.5 Å². The zero-order valence-corrected chi connectivity index (χ0v) is 19.6. The van der Waals surface area contributed by atoms with E-state index >= 15 is 0 Å². The third-order valence-electron chi connectivity index (χ3n) is 4.96. The average Bonchev–Trinajstić information content (AvgIpc) is 2.69. The van der Waals surface area contributed by atoms with Crippen LogP contribution >= 0.6 is 0 Å². The maximum atomic E-state index is 12.4. The summed E-state index contributed by atoms with van der Waals surface area (Å²) in [5, 5.41) is 2.70. The van der Waals surface area contributed by atoms with Crippen molar-refractivity contribution in [3.63, 3.8) is 0 Å². The van der Waals surface area contributed by atoms with Gasteiger partial charge in [0.2, 0.25) is 0 Å². The van der Waals surface area contributed by atoms with Crippen molar-refractivity contribution in [1.82, 2.24) is 5.32 Å². The van der Waals surface area contributed by atoms with Crippen molar-refractivity contribution in [3.8, 4) is 0 Å². The topological polar surface area (TPSA) is 64.6 Å². The Morgan fingerprint density at radius 1 is 0.724 bits per heavy atom. The lowest BCUT2D eigenvalue weighted by Gasteiger charge is -2.18. The van der Waals surface area contributed by atoms with Crippen LogP contribution in [0.4, 0.5) is 4.79 Å². The van der Waals surface area contributed by atoms with E-state index in [9.17, 15) is 9.59 Å². The number of amides is 1. The second kappa shape index (κ2) is 20.0. The van der Waals surface area contributed by atoms with Crippen LogP contribution in [0.15, 0.2) is 0 Å². The predicted molar refractivity (Wildman–Crippen MR) is 120 cm³/mol. The van der Waals surface area contributed by atoms with Crippen LogP contribution in [-0.2, 0) is 14.3 Å². The largest absolute Gasteiger partial charge is 0.464 e. The molecule has 1 unspecified atom stereocenters. The Bertz CT molecular complexity index is 398. The molecular formula is C24H47NO4. The maximum absolute atomic E-state index is 12.4. The van der Waals surface area contributed by atoms with Crippen LogP contribution in [0.3, 0.4) is 0 Å². The first-order chi connectivity index (χ1) is 14.0. The second-order valence-corrected chi connectivity index (χ2v) is 8.53. The van der Waals surface area contributed by atoms with Gasteiger partial charge in [-0.1, -0.05) is 105 Å². The Morgan fingerprint density at radius 3 is 1.79 bits per heavy atom. The van der Waals surface area contributed by atoms with E-state index in [2.05, 4.69) is 19.2 Å². The summed E-state index contributed by atoms with van der Waals surface area (Å²) >= 11 is 0. The highest BCUT2D eigenvalue weighted by atomic mass is 16.6. The van der Waals surface area contributed by atoms with Crippen LogP contribution < -0.4 is 5.32 Å². The summed E-state index contributed by atoms with van der Waals surface area (Å²) in [6.07, 6.45) is 15.4. The molecule has 172 valence electrons. The summed E-state index contributed by atoms with van der Waals surface area (Å²) in [6, 6.07) is -0.606. The fourth-order valence-electron chi connectivity index (χ4n) is 3.14. The number of unbranched alkanes of at least 4 members (excludes halogenated alkanes) is 11. The molecule has 0 aliphatic carbocycles. The van der Waals surface area contributed by atoms with Crippen LogP contribution in [0.25, 0.3) is 0 Å². The highest BCUT2D eigenvalue weighted by molar-refractivity contribution is 5.81. The summed E-state index contributed by atoms with van der Waals surface area (Å²) in [6.45, 7) is 9.13. The number of nitrogens with one attached hydrogen (secondary N) is 1. The maximum Gasteiger partial charge on any atom is 0.407 e. The quantitative estimate of drug-likeness (QED) is 0.187. The SMILES string of the molecule is CCCCCCCCCCCOC(=O)C(CCCCCC)NC(=O)OCC(C)C. The molecule has 0 rings (SSSR count). The number of carbonyl (C=O) groups excluding carboxylic acids is 2. The van der Waals surface area contributed by atoms with Crippen LogP contribution in [0.5, 0.6) is 0 Å². The Morgan fingerprint density at radius 2 is 1.24 bits per heavy atom. The molecule has 0 aromatic heterocycles. The first-order valence-corrected chi connectivity index (χ1v) is 12.1. The lowest BCUT2D eigenvalue weighted by molar-refractivity contribution is -0.146. The third kappa shape index (κ3) is 18.5. The van der Waals surface area contributed by atoms with Crippen molar-refractivity contribution in [2.24, 2.45) is 5.92 Å². The van der Waals surface area contributed by atoms with Gasteiger partial charge in [0.1, 0.15) is 6.04 Å². The van der Waals surface area contributed by atoms with E-state index in [1.54, 1.807) is 0 Å². The van der Waals surface area contributed by atoms with Gasteiger partial charge in [-0.25, -0.2) is 9.59 Å². The average molecular weight is 414 g/mol. The Balaban J connectivity index is 4.06. The normalized spacial score (nSPS) is 12.0. The molecule has 0 saturated carbocycles. The molecular weight excluding hydrogens is 366 g/mol. The van der Waals surface area contributed by atoms with Crippen LogP contribution in [0.1, 0.15) is 118 Å². The molecule has 0 aliphatic heterocycles. The van der Waals surface area contributed by atoms with Gasteiger partial charge in [-0.3, -0.25) is 0 Å². The molecule has 0 saturated heterocycles. The van der Waals surface area contributed by atoms with Crippen LogP contribution in [0, 0.1) is 5.92 Å². The summed E-state index contributed by atoms with van der Waals surface area (Å²) < 4.78 is 10.6. The van der Waals surface area contributed by atoms with E-state index in [1.165, 1.54) is 44.9 Å². The van der Waals surface area contributed by atoms with Gasteiger partial charge in [0.15, 0.2) is 0 Å². The smallest absolute Gasteiger partial charge is 0.407 e. The number of hydrogen-bond acceptors (Lipinski definition) is 4. The molecule has 1 N–H and O–H groups in total. The van der Waals surface area contributed by atoms with Gasteiger partial charge < -0.3 is 14.8 Å². The molecule has 29 heavy (non-hydrogen) atoms. The van der Waals surface area contributed by atoms with Gasteiger partial charge in [0.25, 0.3) is 0 Å². The van der Waals surface area contributed by atoms with Crippen molar-refractivity contribution in [3.05, 3.63) is 0 Å². The fraction of sp³-hybridized carbons (Fsp3) is 0.917. The van der Waals surface area contributed by atoms with Gasteiger partial charge in [-0.15, -0.1) is 0 Å². The molecule has 0 spiro atoms. The minimum Gasteiger partial charge on any atom is -0.464 e. The molecule has 0 aliphatic rings. The summed E-state index contributed by atoms with van der Waals surface area (Å²) in [5.74, 6) is -0.0649. The van der Waals surface area contributed by atoms with Gasteiger partial charge >= 0.3 is 12.1 Å². The minimum absolute atomic E-state index is 0.266. The molecule has 5 heteroatoms. The van der Waals surface area contributed by atoms with Crippen molar-refractivity contribution >= 4 is 12.1 Å². The first-order valence-electron chi connectivity index (χ1n) is 12.1. The molecule has 1 atom stereocenters. The zero-order valence-electron chi connectivity index (χ0n) is 19.6. The standard InChI is InChI=1S/C24H47NO4/c1-5-7-9-11-12-13-14-15-17-19-28-23(26)22(18-16-10-8-6-2)25-24(27)29-20-21(3)4/h21-22H,5-20H2,1-4H3,(H,25,27). The lowest BCUT2D eigenvalue weighted by atomic mass is 10.1. The van der Waals surface area contributed by atoms with Gasteiger partial charge in [-0.2, -0.15) is 0 Å². The van der Waals surface area contributed by atoms with Crippen molar-refractivity contribution in [1.29, 1.82) is 0 Å². The van der Waals surface area contributed by atoms with Crippen molar-refractivity contribution in [2.45, 2.75) is 124 Å². The fourth-order valence-corrected chi connectivity index (χ4v) is 3.14. The van der Waals surface area contributed by atoms with Crippen molar-refractivity contribution < 1.29 is 19.1 Å². The number of alkyl carbamates (subject to hydrolysis) is 1. The van der Waals surface area contributed by atoms with Gasteiger partial charge in [0.05, 0.1) is 13.2 Å². The van der Waals surface area contributed by atoms with E-state index in [-0.39, 0.29) is 11.9 Å². The zero-order chi connectivity index (χ0) is 21.7. The third-order valence-corrected chi connectivity index (χ3v) is 4.96. The first kappa shape index (κ1) is 27.7. The Labute approximate surface area is 179 Å². The lowest BCUT2D eigenvalue weighted by Crippen LogP contribution is -2.42. The molecule has 5 nitrogen and oxygen atoms in total. The minimum atomic E-state index is -0.606. The molecule has 0 aromatic carbocycles. The van der Waals surface area contributed by atoms with E-state index in [4.69, 9.17) is 9.47 Å². The van der Waals surface area contributed by atoms with Crippen molar-refractivity contribution in [2.75, 3.05) is 13.2 Å². The van der Waals surface area contributed by atoms with E-state index in [1.807, 2.05) is 13.8 Å². The molecule has 0 fully saturated rings. The molecule has 0 radical (unpaired) electrons. The summed E-state index contributed by atoms with van der Waals surface area (Å²) in [4.78, 5) is 24.4. The van der Waals surface area contributed by atoms with Gasteiger partial charge in [0, 0.05) is 0 Å². The molecule has 0 heterocycles. The predicted octanol–water partition coefficient (Wildman–Crippen LogP) is 6.78. The highest BCUT2D eigenvalue weighted by Gasteiger charge is 2.22. The molecule has 1 amide bonds. The molecule has 0 bridgehead atoms. The highest BCUT2D eigenvalue weighted by Crippen LogP contribution is 2.11.